The molecule has 1 aromatic heterocycles. The summed E-state index contributed by atoms with van der Waals surface area (Å²) < 4.78 is 1.09. The lowest BCUT2D eigenvalue weighted by atomic mass is 9.84. The third kappa shape index (κ3) is 10.2. The van der Waals surface area contributed by atoms with Gasteiger partial charge < -0.3 is 16.0 Å². The molecule has 2 fully saturated rings. The van der Waals surface area contributed by atoms with Gasteiger partial charge >= 0.3 is 0 Å². The lowest BCUT2D eigenvalue weighted by Crippen LogP contribution is -2.53. The molecule has 230 valence electrons. The summed E-state index contributed by atoms with van der Waals surface area (Å²) in [5.74, 6) is 0.00414. The topological polar surface area (TPSA) is 103 Å². The summed E-state index contributed by atoms with van der Waals surface area (Å²) in [7, 11) is 0. The number of aryl methyl sites for hydroxylation is 1. The molecule has 1 aromatic carbocycles. The number of nitrogens with one attached hydrogen (secondary N) is 3. The number of thiazole rings is 1. The van der Waals surface area contributed by atoms with Crippen molar-refractivity contribution in [3.05, 3.63) is 40.9 Å². The van der Waals surface area contributed by atoms with Crippen LogP contribution in [0.15, 0.2) is 30.4 Å². The van der Waals surface area contributed by atoms with Crippen molar-refractivity contribution in [1.82, 2.24) is 25.8 Å². The Bertz CT molecular complexity index is 1200. The van der Waals surface area contributed by atoms with Crippen LogP contribution >= 0.6 is 11.3 Å². The summed E-state index contributed by atoms with van der Waals surface area (Å²) in [6.07, 6.45) is 15.7. The molecule has 1 saturated carbocycles. The van der Waals surface area contributed by atoms with Gasteiger partial charge in [0.1, 0.15) is 6.04 Å². The Morgan fingerprint density at radius 3 is 2.55 bits per heavy atom. The van der Waals surface area contributed by atoms with Crippen LogP contribution < -0.4 is 16.0 Å². The van der Waals surface area contributed by atoms with Gasteiger partial charge in [-0.15, -0.1) is 11.3 Å². The van der Waals surface area contributed by atoms with Crippen molar-refractivity contribution in [2.45, 2.75) is 103 Å². The second-order valence-electron chi connectivity index (χ2n) is 11.9. The molecule has 2 aliphatic rings. The summed E-state index contributed by atoms with van der Waals surface area (Å²) in [6, 6.07) is 5.33. The number of benzene rings is 1. The fraction of sp³-hybridized carbons (Fsp3) is 0.636. The molecule has 3 N–H and O–H groups in total. The van der Waals surface area contributed by atoms with Crippen LogP contribution in [0.2, 0.25) is 0 Å². The van der Waals surface area contributed by atoms with Crippen molar-refractivity contribution in [3.8, 4) is 0 Å². The van der Waals surface area contributed by atoms with E-state index in [-0.39, 0.29) is 23.8 Å². The van der Waals surface area contributed by atoms with E-state index >= 15 is 0 Å². The number of nitrogens with zero attached hydrogens (tertiary/aromatic N) is 2. The van der Waals surface area contributed by atoms with E-state index in [1.807, 2.05) is 12.1 Å². The summed E-state index contributed by atoms with van der Waals surface area (Å²) in [4.78, 5) is 45.9. The van der Waals surface area contributed by atoms with Gasteiger partial charge in [0.2, 0.25) is 17.7 Å². The number of piperidine rings is 1. The molecule has 0 radical (unpaired) electrons. The van der Waals surface area contributed by atoms with E-state index < -0.39 is 6.04 Å². The third-order valence-corrected chi connectivity index (χ3v) is 9.59. The van der Waals surface area contributed by atoms with E-state index in [2.05, 4.69) is 39.9 Å². The highest BCUT2D eigenvalue weighted by Gasteiger charge is 2.27. The van der Waals surface area contributed by atoms with Gasteiger partial charge in [-0.3, -0.25) is 19.3 Å². The highest BCUT2D eigenvalue weighted by molar-refractivity contribution is 7.18. The van der Waals surface area contributed by atoms with Crippen LogP contribution in [0.3, 0.4) is 0 Å². The number of carbonyl (C=O) groups excluding carboxylic acids is 3. The molecule has 8 nitrogen and oxygen atoms in total. The molecular formula is C33H49N5O3S. The van der Waals surface area contributed by atoms with E-state index in [1.54, 1.807) is 24.3 Å². The molecule has 4 rings (SSSR count). The molecule has 9 heteroatoms. The van der Waals surface area contributed by atoms with Gasteiger partial charge in [-0.1, -0.05) is 64.5 Å². The van der Waals surface area contributed by atoms with Crippen molar-refractivity contribution in [3.63, 3.8) is 0 Å². The molecule has 0 spiro atoms. The number of aromatic nitrogens is 1. The lowest BCUT2D eigenvalue weighted by molar-refractivity contribution is -0.129. The van der Waals surface area contributed by atoms with Gasteiger partial charge in [0.25, 0.3) is 0 Å². The van der Waals surface area contributed by atoms with Crippen LogP contribution in [0.5, 0.6) is 0 Å². The fourth-order valence-electron chi connectivity index (χ4n) is 6.06. The number of fused-ring (bicyclic) bond motifs is 1. The molecule has 2 heterocycles. The zero-order chi connectivity index (χ0) is 29.7. The second-order valence-corrected chi connectivity index (χ2v) is 13.0. The predicted octanol–water partition coefficient (Wildman–Crippen LogP) is 4.91. The molecule has 42 heavy (non-hydrogen) atoms. The standard InChI is InChI=1S/C33H49N5O3S/c1-3-24-15-16-27-29(21-24)42-32(37-27)22-28(36-30(39)4-2)33(41)35-26(20-25-12-7-5-8-13-25)23-34-31(40)14-11-19-38-17-9-6-10-18-38/h11,14-16,21,25-26,28H,3-10,12-13,17-20,22-23H2,1-2H3,(H,34,40)(H,35,41)(H,36,39)/b14-11+/t26-,28-/m0/s1. The molecule has 0 bridgehead atoms. The Morgan fingerprint density at radius 2 is 1.81 bits per heavy atom. The van der Waals surface area contributed by atoms with Crippen molar-refractivity contribution in [1.29, 1.82) is 0 Å². The highest BCUT2D eigenvalue weighted by atomic mass is 32.1. The van der Waals surface area contributed by atoms with Gasteiger partial charge in [0.15, 0.2) is 0 Å². The maximum absolute atomic E-state index is 13.7. The first kappa shape index (κ1) is 32.1. The molecule has 0 unspecified atom stereocenters. The van der Waals surface area contributed by atoms with E-state index in [9.17, 15) is 14.4 Å². The molecule has 2 atom stereocenters. The predicted molar refractivity (Wildman–Crippen MR) is 170 cm³/mol. The van der Waals surface area contributed by atoms with Crippen LogP contribution in [0.25, 0.3) is 10.2 Å². The number of rotatable bonds is 14. The number of hydrogen-bond acceptors (Lipinski definition) is 6. The van der Waals surface area contributed by atoms with E-state index in [0.717, 1.165) is 60.5 Å². The van der Waals surface area contributed by atoms with Crippen LogP contribution in [0.4, 0.5) is 0 Å². The van der Waals surface area contributed by atoms with Crippen molar-refractivity contribution < 1.29 is 14.4 Å². The van der Waals surface area contributed by atoms with Crippen LogP contribution in [0, 0.1) is 5.92 Å². The van der Waals surface area contributed by atoms with E-state index in [0.29, 0.717) is 25.3 Å². The first-order valence-corrected chi connectivity index (χ1v) is 16.9. The molecule has 3 amide bonds. The Balaban J connectivity index is 1.40. The summed E-state index contributed by atoms with van der Waals surface area (Å²) in [6.45, 7) is 7.25. The second kappa shape index (κ2) is 16.8. The van der Waals surface area contributed by atoms with Crippen LogP contribution in [0.1, 0.15) is 88.6 Å². The van der Waals surface area contributed by atoms with Crippen LogP contribution in [-0.4, -0.2) is 65.9 Å². The maximum atomic E-state index is 13.7. The first-order chi connectivity index (χ1) is 20.4. The van der Waals surface area contributed by atoms with E-state index in [1.165, 1.54) is 44.1 Å². The minimum atomic E-state index is -0.724. The fourth-order valence-corrected chi connectivity index (χ4v) is 7.13. The van der Waals surface area contributed by atoms with Gasteiger partial charge in [-0.25, -0.2) is 4.98 Å². The van der Waals surface area contributed by atoms with Gasteiger partial charge in [0, 0.05) is 38.0 Å². The van der Waals surface area contributed by atoms with Crippen LogP contribution in [-0.2, 0) is 27.2 Å². The Kier molecular flexibility index (Phi) is 12.8. The zero-order valence-electron chi connectivity index (χ0n) is 25.5. The highest BCUT2D eigenvalue weighted by Crippen LogP contribution is 2.28. The molecule has 2 aromatic rings. The Labute approximate surface area is 255 Å². The number of hydrogen-bond donors (Lipinski definition) is 3. The normalized spacial score (nSPS) is 18.1. The summed E-state index contributed by atoms with van der Waals surface area (Å²) in [5.41, 5.74) is 2.17. The third-order valence-electron chi connectivity index (χ3n) is 8.55. The maximum Gasteiger partial charge on any atom is 0.243 e. The van der Waals surface area contributed by atoms with Crippen molar-refractivity contribution in [2.75, 3.05) is 26.2 Å². The van der Waals surface area contributed by atoms with E-state index in [4.69, 9.17) is 4.98 Å². The minimum absolute atomic E-state index is 0.133. The van der Waals surface area contributed by atoms with Crippen molar-refractivity contribution >= 4 is 39.3 Å². The largest absolute Gasteiger partial charge is 0.351 e. The molecular weight excluding hydrogens is 546 g/mol. The number of carbonyl (C=O) groups is 3. The molecule has 1 saturated heterocycles. The van der Waals surface area contributed by atoms with Crippen molar-refractivity contribution in [2.24, 2.45) is 5.92 Å². The Morgan fingerprint density at radius 1 is 1.05 bits per heavy atom. The van der Waals surface area contributed by atoms with Gasteiger partial charge in [-0.05, 0) is 62.4 Å². The SMILES string of the molecule is CCC(=O)N[C@@H](Cc1nc2ccc(CC)cc2s1)C(=O)N[C@H](CNC(=O)/C=C/CN1CCCCC1)CC1CCCCC1. The quantitative estimate of drug-likeness (QED) is 0.269. The summed E-state index contributed by atoms with van der Waals surface area (Å²) >= 11 is 1.58. The lowest BCUT2D eigenvalue weighted by Gasteiger charge is -2.28. The van der Waals surface area contributed by atoms with Gasteiger partial charge in [-0.2, -0.15) is 0 Å². The smallest absolute Gasteiger partial charge is 0.243 e. The number of likely N-dealkylation sites (tertiary alicyclic amines) is 1. The molecule has 1 aliphatic heterocycles. The zero-order valence-corrected chi connectivity index (χ0v) is 26.3. The Hall–Kier alpha value is -2.78. The summed E-state index contributed by atoms with van der Waals surface area (Å²) in [5, 5.41) is 9.99. The average molecular weight is 596 g/mol. The first-order valence-electron chi connectivity index (χ1n) is 16.1. The monoisotopic (exact) mass is 595 g/mol. The molecule has 1 aliphatic carbocycles. The average Bonchev–Trinajstić information content (AvgIpc) is 3.42. The minimum Gasteiger partial charge on any atom is -0.351 e. The van der Waals surface area contributed by atoms with Gasteiger partial charge in [0.05, 0.1) is 15.2 Å². The number of amides is 3.